The van der Waals surface area contributed by atoms with E-state index in [-0.39, 0.29) is 6.10 Å². The van der Waals surface area contributed by atoms with Crippen molar-refractivity contribution in [1.29, 1.82) is 0 Å². The summed E-state index contributed by atoms with van der Waals surface area (Å²) >= 11 is 0. The first-order valence-corrected chi connectivity index (χ1v) is 13.2. The normalized spacial score (nSPS) is 44.2. The predicted octanol–water partition coefficient (Wildman–Crippen LogP) is 5.25. The lowest BCUT2D eigenvalue weighted by atomic mass is 9.47. The lowest BCUT2D eigenvalue weighted by Gasteiger charge is -2.58. The SMILES string of the molecule is CCN(CC)CCNC(C)[C@H]1CC[C@H]2[C@@H]3CC=C4CC(O)CC[C@]4(C)[C@H]3CC[C@]12C. The van der Waals surface area contributed by atoms with Crippen LogP contribution in [-0.4, -0.2) is 48.3 Å². The van der Waals surface area contributed by atoms with Gasteiger partial charge in [-0.25, -0.2) is 0 Å². The third-order valence-corrected chi connectivity index (χ3v) is 10.5. The Morgan fingerprint density at radius 3 is 2.60 bits per heavy atom. The van der Waals surface area contributed by atoms with Crippen molar-refractivity contribution in [3.05, 3.63) is 11.6 Å². The van der Waals surface area contributed by atoms with Crippen molar-refractivity contribution in [3.8, 4) is 0 Å². The maximum Gasteiger partial charge on any atom is 0.0577 e. The van der Waals surface area contributed by atoms with Crippen LogP contribution >= 0.6 is 0 Å². The van der Waals surface area contributed by atoms with Crippen LogP contribution in [0.2, 0.25) is 0 Å². The molecule has 0 bridgehead atoms. The molecule has 0 radical (unpaired) electrons. The number of aliphatic hydroxyl groups excluding tert-OH is 1. The Bertz CT molecular complexity index is 628. The van der Waals surface area contributed by atoms with E-state index >= 15 is 0 Å². The third kappa shape index (κ3) is 3.82. The molecule has 2 N–H and O–H groups in total. The molecule has 2 unspecified atom stereocenters. The summed E-state index contributed by atoms with van der Waals surface area (Å²) in [5.74, 6) is 3.45. The molecule has 0 aromatic carbocycles. The van der Waals surface area contributed by atoms with Crippen LogP contribution in [0.25, 0.3) is 0 Å². The number of nitrogens with zero attached hydrogens (tertiary/aromatic N) is 1. The van der Waals surface area contributed by atoms with Gasteiger partial charge in [0.15, 0.2) is 0 Å². The average Bonchev–Trinajstić information content (AvgIpc) is 3.09. The zero-order valence-corrected chi connectivity index (χ0v) is 20.4. The van der Waals surface area contributed by atoms with E-state index in [1.807, 2.05) is 0 Å². The summed E-state index contributed by atoms with van der Waals surface area (Å²) in [5.41, 5.74) is 2.49. The molecule has 172 valence electrons. The molecule has 3 nitrogen and oxygen atoms in total. The maximum absolute atomic E-state index is 10.2. The first-order chi connectivity index (χ1) is 14.3. The van der Waals surface area contributed by atoms with Gasteiger partial charge in [-0.2, -0.15) is 0 Å². The van der Waals surface area contributed by atoms with E-state index < -0.39 is 0 Å². The Morgan fingerprint density at radius 2 is 1.87 bits per heavy atom. The van der Waals surface area contributed by atoms with Crippen molar-refractivity contribution in [2.75, 3.05) is 26.2 Å². The average molecular weight is 417 g/mol. The highest BCUT2D eigenvalue weighted by Crippen LogP contribution is 2.66. The molecule has 8 atom stereocenters. The molecule has 0 aliphatic heterocycles. The molecule has 4 aliphatic rings. The molecule has 0 aromatic rings. The van der Waals surface area contributed by atoms with Crippen LogP contribution in [0, 0.1) is 34.5 Å². The number of hydrogen-bond acceptors (Lipinski definition) is 3. The fraction of sp³-hybridized carbons (Fsp3) is 0.926. The Morgan fingerprint density at radius 1 is 1.10 bits per heavy atom. The smallest absolute Gasteiger partial charge is 0.0577 e. The standard InChI is InChI=1S/C27H48N2O/c1-6-29(7-2)17-16-28-19(3)23-10-11-24-22-9-8-20-18-21(30)12-14-26(20,4)25(22)13-15-27(23,24)5/h8,19,21-25,28,30H,6-7,9-18H2,1-5H3/t19?,21?,22-,23+,24-,25-,26-,27+/m0/s1. The van der Waals surface area contributed by atoms with E-state index in [1.54, 1.807) is 5.57 Å². The fourth-order valence-corrected chi connectivity index (χ4v) is 8.64. The van der Waals surface area contributed by atoms with Gasteiger partial charge in [-0.15, -0.1) is 0 Å². The molecule has 0 aromatic heterocycles. The van der Waals surface area contributed by atoms with Crippen molar-refractivity contribution >= 4 is 0 Å². The topological polar surface area (TPSA) is 35.5 Å². The van der Waals surface area contributed by atoms with Crippen molar-refractivity contribution in [2.45, 2.75) is 98.1 Å². The summed E-state index contributed by atoms with van der Waals surface area (Å²) in [6.07, 6.45) is 12.6. The Kier molecular flexibility index (Phi) is 6.74. The van der Waals surface area contributed by atoms with E-state index in [1.165, 1.54) is 45.1 Å². The minimum Gasteiger partial charge on any atom is -0.393 e. The first-order valence-electron chi connectivity index (χ1n) is 13.2. The van der Waals surface area contributed by atoms with Gasteiger partial charge in [0.05, 0.1) is 6.10 Å². The fourth-order valence-electron chi connectivity index (χ4n) is 8.64. The van der Waals surface area contributed by atoms with Crippen LogP contribution in [-0.2, 0) is 0 Å². The highest BCUT2D eigenvalue weighted by molar-refractivity contribution is 5.25. The summed E-state index contributed by atoms with van der Waals surface area (Å²) in [5, 5.41) is 14.2. The van der Waals surface area contributed by atoms with Crippen molar-refractivity contribution in [2.24, 2.45) is 34.5 Å². The second kappa shape index (κ2) is 8.87. The van der Waals surface area contributed by atoms with E-state index in [4.69, 9.17) is 0 Å². The minimum absolute atomic E-state index is 0.0890. The van der Waals surface area contributed by atoms with E-state index in [0.717, 1.165) is 56.1 Å². The molecular weight excluding hydrogens is 368 g/mol. The number of likely N-dealkylation sites (N-methyl/N-ethyl adjacent to an activating group) is 1. The van der Waals surface area contributed by atoms with Gasteiger partial charge >= 0.3 is 0 Å². The number of aliphatic hydroxyl groups is 1. The largest absolute Gasteiger partial charge is 0.393 e. The van der Waals surface area contributed by atoms with Crippen LogP contribution in [0.5, 0.6) is 0 Å². The molecule has 4 rings (SSSR count). The van der Waals surface area contributed by atoms with Gasteiger partial charge in [0.2, 0.25) is 0 Å². The van der Waals surface area contributed by atoms with Crippen LogP contribution < -0.4 is 5.32 Å². The number of hydrogen-bond donors (Lipinski definition) is 2. The maximum atomic E-state index is 10.2. The molecular formula is C27H48N2O. The number of rotatable bonds is 7. The Labute approximate surface area is 186 Å². The van der Waals surface area contributed by atoms with Gasteiger partial charge in [0, 0.05) is 19.1 Å². The van der Waals surface area contributed by atoms with Gasteiger partial charge in [-0.3, -0.25) is 0 Å². The summed E-state index contributed by atoms with van der Waals surface area (Å²) in [6.45, 7) is 16.8. The van der Waals surface area contributed by atoms with Crippen LogP contribution in [0.15, 0.2) is 11.6 Å². The van der Waals surface area contributed by atoms with Crippen molar-refractivity contribution in [3.63, 3.8) is 0 Å². The van der Waals surface area contributed by atoms with E-state index in [0.29, 0.717) is 16.9 Å². The summed E-state index contributed by atoms with van der Waals surface area (Å²) in [7, 11) is 0. The molecule has 3 fully saturated rings. The van der Waals surface area contributed by atoms with Gasteiger partial charge in [0.1, 0.15) is 0 Å². The van der Waals surface area contributed by atoms with Gasteiger partial charge in [0.25, 0.3) is 0 Å². The van der Waals surface area contributed by atoms with Crippen molar-refractivity contribution < 1.29 is 5.11 Å². The molecule has 0 spiro atoms. The lowest BCUT2D eigenvalue weighted by Crippen LogP contribution is -2.52. The zero-order chi connectivity index (χ0) is 21.5. The highest BCUT2D eigenvalue weighted by Gasteiger charge is 2.59. The molecule has 0 amide bonds. The molecule has 30 heavy (non-hydrogen) atoms. The predicted molar refractivity (Wildman–Crippen MR) is 126 cm³/mol. The minimum atomic E-state index is -0.0890. The van der Waals surface area contributed by atoms with Crippen LogP contribution in [0.4, 0.5) is 0 Å². The zero-order valence-electron chi connectivity index (χ0n) is 20.4. The summed E-state index contributed by atoms with van der Waals surface area (Å²) < 4.78 is 0. The van der Waals surface area contributed by atoms with Gasteiger partial charge in [-0.05, 0) is 106 Å². The number of nitrogens with one attached hydrogen (secondary N) is 1. The Hall–Kier alpha value is -0.380. The van der Waals surface area contributed by atoms with Gasteiger partial charge < -0.3 is 15.3 Å². The molecule has 0 saturated heterocycles. The second-order valence-electron chi connectivity index (χ2n) is 11.7. The Balaban J connectivity index is 1.44. The van der Waals surface area contributed by atoms with E-state index in [9.17, 15) is 5.11 Å². The second-order valence-corrected chi connectivity index (χ2v) is 11.7. The summed E-state index contributed by atoms with van der Waals surface area (Å²) in [6, 6.07) is 0.627. The summed E-state index contributed by atoms with van der Waals surface area (Å²) in [4.78, 5) is 2.53. The quantitative estimate of drug-likeness (QED) is 0.557. The third-order valence-electron chi connectivity index (χ3n) is 10.5. The molecule has 4 aliphatic carbocycles. The van der Waals surface area contributed by atoms with Crippen LogP contribution in [0.3, 0.4) is 0 Å². The molecule has 3 saturated carbocycles. The lowest BCUT2D eigenvalue weighted by molar-refractivity contribution is -0.0536. The first kappa shape index (κ1) is 22.8. The number of allylic oxidation sites excluding steroid dienone is 1. The highest BCUT2D eigenvalue weighted by atomic mass is 16.3. The van der Waals surface area contributed by atoms with Crippen molar-refractivity contribution in [1.82, 2.24) is 10.2 Å². The molecule has 0 heterocycles. The number of fused-ring (bicyclic) bond motifs is 5. The molecule has 3 heteroatoms. The van der Waals surface area contributed by atoms with E-state index in [2.05, 4.69) is 50.9 Å². The van der Waals surface area contributed by atoms with Crippen LogP contribution in [0.1, 0.15) is 86.0 Å². The van der Waals surface area contributed by atoms with Gasteiger partial charge in [-0.1, -0.05) is 39.3 Å². The monoisotopic (exact) mass is 416 g/mol.